The number of sulfonamides is 1. The first-order valence-electron chi connectivity index (χ1n) is 11.6. The van der Waals surface area contributed by atoms with Crippen molar-refractivity contribution in [2.45, 2.75) is 41.6 Å². The van der Waals surface area contributed by atoms with Crippen LogP contribution in [0.15, 0.2) is 52.3 Å². The predicted molar refractivity (Wildman–Crippen MR) is 135 cm³/mol. The number of nitrogens with one attached hydrogen (secondary N) is 1. The molecule has 0 spiro atoms. The van der Waals surface area contributed by atoms with E-state index in [4.69, 9.17) is 0 Å². The molecule has 0 saturated carbocycles. The van der Waals surface area contributed by atoms with E-state index in [2.05, 4.69) is 10.2 Å². The lowest BCUT2D eigenvalue weighted by Crippen LogP contribution is -2.51. The Balaban J connectivity index is 1.42. The number of sulfone groups is 1. The average molecular weight is 521 g/mol. The molecule has 0 aromatic heterocycles. The number of likely N-dealkylation sites (tertiary alicyclic amines) is 1. The van der Waals surface area contributed by atoms with Crippen LogP contribution in [0.1, 0.15) is 24.0 Å². The van der Waals surface area contributed by atoms with E-state index in [1.807, 2.05) is 12.1 Å². The Morgan fingerprint density at radius 2 is 1.83 bits per heavy atom. The molecule has 2 aromatic carbocycles. The molecule has 2 aliphatic rings. The maximum atomic E-state index is 13.1. The molecule has 0 radical (unpaired) electrons. The van der Waals surface area contributed by atoms with Crippen LogP contribution in [-0.2, 0) is 32.8 Å². The molecule has 1 atom stereocenters. The van der Waals surface area contributed by atoms with Gasteiger partial charge in [0, 0.05) is 51.7 Å². The van der Waals surface area contributed by atoms with E-state index in [0.29, 0.717) is 31.0 Å². The number of carbonyl (C=O) groups is 1. The van der Waals surface area contributed by atoms with Crippen LogP contribution in [0.4, 0.5) is 10.5 Å². The lowest BCUT2D eigenvalue weighted by atomic mass is 10.0. The summed E-state index contributed by atoms with van der Waals surface area (Å²) in [7, 11) is -3.86. The summed E-state index contributed by atoms with van der Waals surface area (Å²) in [6, 6.07) is 11.7. The van der Waals surface area contributed by atoms with Gasteiger partial charge in [-0.1, -0.05) is 18.2 Å². The Hall–Kier alpha value is -2.47. The molecule has 2 heterocycles. The Bertz CT molecular complexity index is 1330. The van der Waals surface area contributed by atoms with Crippen molar-refractivity contribution in [2.24, 2.45) is 0 Å². The number of nitrogens with zero attached hydrogens (tertiary/aromatic N) is 3. The van der Waals surface area contributed by atoms with Crippen LogP contribution in [0, 0.1) is 0 Å². The smallest absolute Gasteiger partial charge is 0.322 e. The van der Waals surface area contributed by atoms with Gasteiger partial charge in [-0.25, -0.2) is 25.9 Å². The molecule has 1 saturated heterocycles. The molecule has 9 nitrogen and oxygen atoms in total. The van der Waals surface area contributed by atoms with E-state index in [0.717, 1.165) is 36.2 Å². The van der Waals surface area contributed by atoms with Gasteiger partial charge < -0.3 is 5.32 Å². The standard InChI is InChI=1S/C24H32N4O5S2/c1-26(2)35(32,33)21-10-11-22-18(15-21)12-14-28(22)24(29)25-20-8-6-13-27(17-20)16-19-7-4-5-9-23(19)34(3,30)31/h4-5,7,9-11,15,20H,6,8,12-14,16-17H2,1-3H3,(H,25,29). The van der Waals surface area contributed by atoms with Gasteiger partial charge in [0.25, 0.3) is 0 Å². The second-order valence-electron chi connectivity index (χ2n) is 9.38. The van der Waals surface area contributed by atoms with Crippen LogP contribution in [0.3, 0.4) is 0 Å². The topological polar surface area (TPSA) is 107 Å². The van der Waals surface area contributed by atoms with Crippen LogP contribution in [0.5, 0.6) is 0 Å². The Labute approximate surface area is 207 Å². The van der Waals surface area contributed by atoms with Gasteiger partial charge in [0.15, 0.2) is 9.84 Å². The molecule has 11 heteroatoms. The van der Waals surface area contributed by atoms with Gasteiger partial charge >= 0.3 is 6.03 Å². The molecular formula is C24H32N4O5S2. The van der Waals surface area contributed by atoms with Crippen LogP contribution in [0.25, 0.3) is 0 Å². The highest BCUT2D eigenvalue weighted by atomic mass is 32.2. The molecule has 1 fully saturated rings. The number of piperidine rings is 1. The Kier molecular flexibility index (Phi) is 7.23. The fourth-order valence-corrected chi connectivity index (χ4v) is 6.65. The van der Waals surface area contributed by atoms with Crippen molar-refractivity contribution < 1.29 is 21.6 Å². The number of rotatable bonds is 6. The number of benzene rings is 2. The summed E-state index contributed by atoms with van der Waals surface area (Å²) in [5.74, 6) is 0. The maximum Gasteiger partial charge on any atom is 0.322 e. The summed E-state index contributed by atoms with van der Waals surface area (Å²) in [6.07, 6.45) is 3.56. The number of amides is 2. The molecule has 35 heavy (non-hydrogen) atoms. The molecule has 1 unspecified atom stereocenters. The minimum absolute atomic E-state index is 0.0564. The van der Waals surface area contributed by atoms with Gasteiger partial charge in [0.05, 0.1) is 9.79 Å². The Morgan fingerprint density at radius 3 is 2.54 bits per heavy atom. The SMILES string of the molecule is CN(C)S(=O)(=O)c1ccc2c(c1)CCN2C(=O)NC1CCCN(Cc2ccccc2S(C)(=O)=O)C1. The maximum absolute atomic E-state index is 13.1. The molecule has 190 valence electrons. The van der Waals surface area contributed by atoms with E-state index < -0.39 is 19.9 Å². The summed E-state index contributed by atoms with van der Waals surface area (Å²) in [5, 5.41) is 3.13. The zero-order chi connectivity index (χ0) is 25.4. The summed E-state index contributed by atoms with van der Waals surface area (Å²) < 4.78 is 50.4. The first kappa shape index (κ1) is 25.6. The second-order valence-corrected chi connectivity index (χ2v) is 13.5. The highest BCUT2D eigenvalue weighted by Gasteiger charge is 2.30. The third-order valence-electron chi connectivity index (χ3n) is 6.57. The van der Waals surface area contributed by atoms with Crippen molar-refractivity contribution in [1.82, 2.24) is 14.5 Å². The zero-order valence-electron chi connectivity index (χ0n) is 20.3. The van der Waals surface area contributed by atoms with Gasteiger partial charge in [-0.3, -0.25) is 9.80 Å². The van der Waals surface area contributed by atoms with Crippen LogP contribution in [0.2, 0.25) is 0 Å². The van der Waals surface area contributed by atoms with Gasteiger partial charge in [0.1, 0.15) is 0 Å². The van der Waals surface area contributed by atoms with E-state index in [-0.39, 0.29) is 17.0 Å². The molecule has 2 aromatic rings. The zero-order valence-corrected chi connectivity index (χ0v) is 21.9. The highest BCUT2D eigenvalue weighted by Crippen LogP contribution is 2.31. The van der Waals surface area contributed by atoms with Crippen molar-refractivity contribution in [3.8, 4) is 0 Å². The minimum atomic E-state index is -3.53. The number of hydrogen-bond acceptors (Lipinski definition) is 6. The summed E-state index contributed by atoms with van der Waals surface area (Å²) in [5.41, 5.74) is 2.33. The molecule has 4 rings (SSSR count). The monoisotopic (exact) mass is 520 g/mol. The average Bonchev–Trinajstić information content (AvgIpc) is 3.22. The third kappa shape index (κ3) is 5.53. The Morgan fingerprint density at radius 1 is 1.09 bits per heavy atom. The number of anilines is 1. The van der Waals surface area contributed by atoms with Crippen molar-refractivity contribution in [2.75, 3.05) is 44.9 Å². The molecule has 0 bridgehead atoms. The summed E-state index contributed by atoms with van der Waals surface area (Å²) in [6.45, 7) is 2.46. The minimum Gasteiger partial charge on any atom is -0.334 e. The van der Waals surface area contributed by atoms with E-state index in [9.17, 15) is 21.6 Å². The molecule has 1 N–H and O–H groups in total. The van der Waals surface area contributed by atoms with E-state index in [1.165, 1.54) is 24.7 Å². The first-order chi connectivity index (χ1) is 16.5. The molecule has 2 amide bonds. The van der Waals surface area contributed by atoms with Gasteiger partial charge in [-0.05, 0) is 61.2 Å². The second kappa shape index (κ2) is 9.88. The summed E-state index contributed by atoms with van der Waals surface area (Å²) >= 11 is 0. The van der Waals surface area contributed by atoms with Crippen molar-refractivity contribution in [3.05, 3.63) is 53.6 Å². The largest absolute Gasteiger partial charge is 0.334 e. The molecule has 0 aliphatic carbocycles. The van der Waals surface area contributed by atoms with E-state index >= 15 is 0 Å². The van der Waals surface area contributed by atoms with Crippen molar-refractivity contribution >= 4 is 31.6 Å². The molecule has 2 aliphatic heterocycles. The summed E-state index contributed by atoms with van der Waals surface area (Å²) in [4.78, 5) is 17.5. The quantitative estimate of drug-likeness (QED) is 0.625. The fourth-order valence-electron chi connectivity index (χ4n) is 4.77. The number of fused-ring (bicyclic) bond motifs is 1. The lowest BCUT2D eigenvalue weighted by molar-refractivity contribution is 0.181. The first-order valence-corrected chi connectivity index (χ1v) is 14.9. The van der Waals surface area contributed by atoms with Crippen LogP contribution in [-0.4, -0.2) is 78.1 Å². The van der Waals surface area contributed by atoms with Gasteiger partial charge in [-0.15, -0.1) is 0 Å². The third-order valence-corrected chi connectivity index (χ3v) is 9.58. The van der Waals surface area contributed by atoms with Gasteiger partial charge in [-0.2, -0.15) is 0 Å². The van der Waals surface area contributed by atoms with Crippen molar-refractivity contribution in [3.63, 3.8) is 0 Å². The number of urea groups is 1. The normalized spacial score (nSPS) is 19.1. The fraction of sp³-hybridized carbons (Fsp3) is 0.458. The highest BCUT2D eigenvalue weighted by molar-refractivity contribution is 7.90. The van der Waals surface area contributed by atoms with E-state index in [1.54, 1.807) is 35.2 Å². The number of carbonyl (C=O) groups excluding carboxylic acids is 1. The van der Waals surface area contributed by atoms with Crippen LogP contribution < -0.4 is 10.2 Å². The van der Waals surface area contributed by atoms with Crippen LogP contribution >= 0.6 is 0 Å². The number of hydrogen-bond donors (Lipinski definition) is 1. The predicted octanol–water partition coefficient (Wildman–Crippen LogP) is 2.08. The lowest BCUT2D eigenvalue weighted by Gasteiger charge is -2.34. The molecular weight excluding hydrogens is 488 g/mol. The van der Waals surface area contributed by atoms with Gasteiger partial charge in [0.2, 0.25) is 10.0 Å². The van der Waals surface area contributed by atoms with Crippen molar-refractivity contribution in [1.29, 1.82) is 0 Å².